The number of hydrogen-bond donors (Lipinski definition) is 1. The number of carbonyl (C=O) groups is 1. The number of fused-ring (bicyclic) bond motifs is 2. The first kappa shape index (κ1) is 9.83. The second kappa shape index (κ2) is 3.07. The Morgan fingerprint density at radius 1 is 1.00 bits per heavy atom. The lowest BCUT2D eigenvalue weighted by Crippen LogP contribution is -2.73. The van der Waals surface area contributed by atoms with Crippen LogP contribution >= 0.6 is 0 Å². The molecule has 0 radical (unpaired) electrons. The third-order valence-electron chi connectivity index (χ3n) is 5.20. The van der Waals surface area contributed by atoms with Gasteiger partial charge >= 0.3 is 0 Å². The molecule has 0 saturated heterocycles. The lowest BCUT2D eigenvalue weighted by molar-refractivity contribution is -0.230. The molecule has 0 amide bonds. The minimum atomic E-state index is -0.594. The van der Waals surface area contributed by atoms with Gasteiger partial charge in [0.2, 0.25) is 0 Å². The fraction of sp³-hybridized carbons (Fsp3) is 0.923. The molecule has 2 heteroatoms. The molecular weight excluding hydrogens is 188 g/mol. The Hall–Kier alpha value is -0.370. The van der Waals surface area contributed by atoms with Gasteiger partial charge in [-0.15, -0.1) is 0 Å². The van der Waals surface area contributed by atoms with Crippen molar-refractivity contribution in [2.45, 2.75) is 63.4 Å². The summed E-state index contributed by atoms with van der Waals surface area (Å²) in [6, 6.07) is 0. The first-order valence-electron chi connectivity index (χ1n) is 6.47. The average Bonchev–Trinajstić information content (AvgIpc) is 2.23. The maximum Gasteiger partial charge on any atom is 0.147 e. The molecule has 3 aliphatic rings. The summed E-state index contributed by atoms with van der Waals surface area (Å²) in [7, 11) is 0. The first-order valence-corrected chi connectivity index (χ1v) is 6.47. The molecule has 0 aromatic heterocycles. The molecule has 2 bridgehead atoms. The van der Waals surface area contributed by atoms with Gasteiger partial charge in [0, 0.05) is 5.92 Å². The SMILES string of the molecule is O=C1C2CCCC13CCCCCCC23O. The van der Waals surface area contributed by atoms with Crippen molar-refractivity contribution in [3.05, 3.63) is 0 Å². The van der Waals surface area contributed by atoms with Gasteiger partial charge < -0.3 is 5.11 Å². The number of aliphatic hydroxyl groups is 1. The smallest absolute Gasteiger partial charge is 0.147 e. The number of Topliss-reactive ketones (excluding diaryl/α,β-unsaturated/α-hetero) is 1. The van der Waals surface area contributed by atoms with Crippen LogP contribution in [0, 0.1) is 11.3 Å². The zero-order valence-electron chi connectivity index (χ0n) is 9.30. The quantitative estimate of drug-likeness (QED) is 0.664. The zero-order valence-corrected chi connectivity index (χ0v) is 9.30. The third kappa shape index (κ3) is 1.01. The van der Waals surface area contributed by atoms with E-state index in [0.29, 0.717) is 5.78 Å². The predicted octanol–water partition coefficient (Wildman–Crippen LogP) is 2.44. The molecule has 3 unspecified atom stereocenters. The molecule has 1 spiro atoms. The normalized spacial score (nSPS) is 49.9. The van der Waals surface area contributed by atoms with Crippen molar-refractivity contribution in [1.29, 1.82) is 0 Å². The average molecular weight is 208 g/mol. The molecule has 2 nitrogen and oxygen atoms in total. The van der Waals surface area contributed by atoms with Crippen LogP contribution in [0.1, 0.15) is 57.8 Å². The van der Waals surface area contributed by atoms with Crippen molar-refractivity contribution in [3.8, 4) is 0 Å². The highest BCUT2D eigenvalue weighted by Crippen LogP contribution is 2.64. The van der Waals surface area contributed by atoms with Crippen molar-refractivity contribution in [2.24, 2.45) is 11.3 Å². The van der Waals surface area contributed by atoms with E-state index in [1.807, 2.05) is 0 Å². The summed E-state index contributed by atoms with van der Waals surface area (Å²) in [5.41, 5.74) is -0.890. The van der Waals surface area contributed by atoms with E-state index in [4.69, 9.17) is 0 Å². The van der Waals surface area contributed by atoms with Crippen molar-refractivity contribution in [2.75, 3.05) is 0 Å². The number of rotatable bonds is 0. The number of carbonyl (C=O) groups excluding carboxylic acids is 1. The van der Waals surface area contributed by atoms with Crippen LogP contribution in [0.25, 0.3) is 0 Å². The molecular formula is C13H20O2. The second-order valence-corrected chi connectivity index (χ2v) is 5.73. The third-order valence-corrected chi connectivity index (χ3v) is 5.20. The van der Waals surface area contributed by atoms with Crippen molar-refractivity contribution in [3.63, 3.8) is 0 Å². The van der Waals surface area contributed by atoms with Crippen LogP contribution in [0.5, 0.6) is 0 Å². The van der Waals surface area contributed by atoms with Crippen molar-refractivity contribution in [1.82, 2.24) is 0 Å². The molecule has 3 saturated carbocycles. The number of hydrogen-bond acceptors (Lipinski definition) is 2. The van der Waals surface area contributed by atoms with Crippen LogP contribution < -0.4 is 0 Å². The van der Waals surface area contributed by atoms with Gasteiger partial charge in [-0.25, -0.2) is 0 Å². The minimum absolute atomic E-state index is 0.00403. The Labute approximate surface area is 91.1 Å². The minimum Gasteiger partial charge on any atom is -0.388 e. The molecule has 0 aromatic carbocycles. The lowest BCUT2D eigenvalue weighted by atomic mass is 9.40. The molecule has 0 heterocycles. The molecule has 1 N–H and O–H groups in total. The van der Waals surface area contributed by atoms with Gasteiger partial charge in [0.05, 0.1) is 11.0 Å². The summed E-state index contributed by atoms with van der Waals surface area (Å²) in [6.45, 7) is 0. The predicted molar refractivity (Wildman–Crippen MR) is 57.4 cm³/mol. The fourth-order valence-corrected chi connectivity index (χ4v) is 4.39. The maximum atomic E-state index is 12.1. The van der Waals surface area contributed by atoms with Crippen LogP contribution in [-0.4, -0.2) is 16.5 Å². The van der Waals surface area contributed by atoms with E-state index in [-0.39, 0.29) is 11.3 Å². The second-order valence-electron chi connectivity index (χ2n) is 5.73. The van der Waals surface area contributed by atoms with Gasteiger partial charge in [0.25, 0.3) is 0 Å². The Kier molecular flexibility index (Phi) is 2.01. The lowest BCUT2D eigenvalue weighted by Gasteiger charge is -2.64. The Morgan fingerprint density at radius 2 is 1.67 bits per heavy atom. The van der Waals surface area contributed by atoms with Gasteiger partial charge in [-0.1, -0.05) is 32.1 Å². The van der Waals surface area contributed by atoms with Gasteiger partial charge in [-0.2, -0.15) is 0 Å². The molecule has 0 aromatic rings. The largest absolute Gasteiger partial charge is 0.388 e. The van der Waals surface area contributed by atoms with Crippen LogP contribution in [-0.2, 0) is 4.79 Å². The summed E-state index contributed by atoms with van der Waals surface area (Å²) in [5, 5.41) is 10.8. The molecule has 3 atom stereocenters. The highest BCUT2D eigenvalue weighted by atomic mass is 16.3. The van der Waals surface area contributed by atoms with Gasteiger partial charge in [-0.05, 0) is 25.7 Å². The Balaban J connectivity index is 1.95. The maximum absolute atomic E-state index is 12.1. The van der Waals surface area contributed by atoms with Crippen LogP contribution in [0.2, 0.25) is 0 Å². The Morgan fingerprint density at radius 3 is 2.40 bits per heavy atom. The van der Waals surface area contributed by atoms with E-state index in [1.165, 1.54) is 12.8 Å². The van der Waals surface area contributed by atoms with Gasteiger partial charge in [0.1, 0.15) is 5.78 Å². The van der Waals surface area contributed by atoms with E-state index in [0.717, 1.165) is 44.9 Å². The highest BCUT2D eigenvalue weighted by Gasteiger charge is 2.71. The zero-order chi connectivity index (χ0) is 10.5. The van der Waals surface area contributed by atoms with Crippen LogP contribution in [0.4, 0.5) is 0 Å². The van der Waals surface area contributed by atoms with E-state index in [1.54, 1.807) is 0 Å². The van der Waals surface area contributed by atoms with E-state index in [9.17, 15) is 9.90 Å². The Bertz CT molecular complexity index is 299. The highest BCUT2D eigenvalue weighted by molar-refractivity contribution is 5.97. The summed E-state index contributed by atoms with van der Waals surface area (Å²) in [5.74, 6) is 0.405. The summed E-state index contributed by atoms with van der Waals surface area (Å²) in [6.07, 6.45) is 9.62. The van der Waals surface area contributed by atoms with Crippen molar-refractivity contribution >= 4 is 5.78 Å². The molecule has 84 valence electrons. The topological polar surface area (TPSA) is 37.3 Å². The first-order chi connectivity index (χ1) is 7.21. The molecule has 3 fully saturated rings. The monoisotopic (exact) mass is 208 g/mol. The van der Waals surface area contributed by atoms with E-state index >= 15 is 0 Å². The van der Waals surface area contributed by atoms with Crippen LogP contribution in [0.15, 0.2) is 0 Å². The van der Waals surface area contributed by atoms with Gasteiger partial charge in [-0.3, -0.25) is 4.79 Å². The van der Waals surface area contributed by atoms with E-state index < -0.39 is 5.60 Å². The standard InChI is InChI=1S/C13H20O2/c14-11-10-6-5-8-12(11)7-3-1-2-4-9-13(10,12)15/h10,15H,1-9H2. The van der Waals surface area contributed by atoms with E-state index in [2.05, 4.69) is 0 Å². The summed E-state index contributed by atoms with van der Waals surface area (Å²) >= 11 is 0. The fourth-order valence-electron chi connectivity index (χ4n) is 4.39. The summed E-state index contributed by atoms with van der Waals surface area (Å²) in [4.78, 5) is 12.1. The molecule has 15 heavy (non-hydrogen) atoms. The molecule has 3 aliphatic carbocycles. The molecule has 0 aliphatic heterocycles. The molecule has 3 rings (SSSR count). The van der Waals surface area contributed by atoms with Crippen LogP contribution in [0.3, 0.4) is 0 Å². The summed E-state index contributed by atoms with van der Waals surface area (Å²) < 4.78 is 0. The van der Waals surface area contributed by atoms with Crippen molar-refractivity contribution < 1.29 is 9.90 Å². The number of ketones is 1. The van der Waals surface area contributed by atoms with Gasteiger partial charge in [0.15, 0.2) is 0 Å².